The van der Waals surface area contributed by atoms with Crippen molar-refractivity contribution in [2.24, 2.45) is 0 Å². The molecule has 4 aromatic carbocycles. The quantitative estimate of drug-likeness (QED) is 0.434. The Labute approximate surface area is 166 Å². The van der Waals surface area contributed by atoms with Crippen molar-refractivity contribution in [3.05, 3.63) is 82.9 Å². The number of carboxylic acids is 1. The Hall–Kier alpha value is -3.86. The number of carboxylic acid groups (broad SMARTS) is 1. The van der Waals surface area contributed by atoms with Gasteiger partial charge in [0.25, 0.3) is 0 Å². The number of hydrogen-bond donors (Lipinski definition) is 3. The van der Waals surface area contributed by atoms with Crippen LogP contribution in [0.15, 0.2) is 60.7 Å². The number of fused-ring (bicyclic) bond motifs is 2. The highest BCUT2D eigenvalue weighted by molar-refractivity contribution is 6.04. The van der Waals surface area contributed by atoms with Crippen LogP contribution in [0.1, 0.15) is 38.8 Å². The Morgan fingerprint density at radius 3 is 1.69 bits per heavy atom. The molecule has 0 fully saturated rings. The molecular formula is C24H18O5. The molecule has 0 aliphatic carbocycles. The summed E-state index contributed by atoms with van der Waals surface area (Å²) in [6, 6.07) is 17.6. The molecule has 0 aromatic heterocycles. The fourth-order valence-corrected chi connectivity index (χ4v) is 3.79. The number of rotatable bonds is 4. The van der Waals surface area contributed by atoms with Gasteiger partial charge in [-0.2, -0.15) is 0 Å². The molecule has 4 rings (SSSR count). The van der Waals surface area contributed by atoms with Gasteiger partial charge in [0.15, 0.2) is 5.78 Å². The topological polar surface area (TPSA) is 94.8 Å². The van der Waals surface area contributed by atoms with Crippen molar-refractivity contribution in [1.82, 2.24) is 0 Å². The molecular weight excluding hydrogens is 368 g/mol. The van der Waals surface area contributed by atoms with Crippen molar-refractivity contribution in [2.75, 3.05) is 0 Å². The monoisotopic (exact) mass is 386 g/mol. The first-order valence-corrected chi connectivity index (χ1v) is 9.10. The van der Waals surface area contributed by atoms with Crippen LogP contribution in [-0.4, -0.2) is 27.1 Å². The van der Waals surface area contributed by atoms with E-state index in [-0.39, 0.29) is 34.8 Å². The van der Waals surface area contributed by atoms with Crippen LogP contribution in [0.5, 0.6) is 11.5 Å². The van der Waals surface area contributed by atoms with Gasteiger partial charge < -0.3 is 15.3 Å². The summed E-state index contributed by atoms with van der Waals surface area (Å²) in [5, 5.41) is 34.0. The minimum atomic E-state index is -1.24. The molecule has 0 radical (unpaired) electrons. The Balaban J connectivity index is 2.05. The first kappa shape index (κ1) is 18.5. The molecule has 0 unspecified atom stereocenters. The third-order valence-corrected chi connectivity index (χ3v) is 5.22. The van der Waals surface area contributed by atoms with Crippen molar-refractivity contribution in [3.8, 4) is 11.5 Å². The van der Waals surface area contributed by atoms with E-state index in [1.807, 2.05) is 24.3 Å². The maximum atomic E-state index is 12.1. The second-order valence-electron chi connectivity index (χ2n) is 6.98. The SMILES string of the molecule is CC(=O)c1cc2ccccc2c(Cc2c(O)c(C(=O)O)cc3ccccc23)c1O. The Bertz CT molecular complexity index is 1200. The summed E-state index contributed by atoms with van der Waals surface area (Å²) < 4.78 is 0. The van der Waals surface area contributed by atoms with Gasteiger partial charge in [-0.25, -0.2) is 4.79 Å². The summed E-state index contributed by atoms with van der Waals surface area (Å²) in [4.78, 5) is 23.7. The maximum absolute atomic E-state index is 12.1. The second kappa shape index (κ2) is 6.95. The Kier molecular flexibility index (Phi) is 4.43. The summed E-state index contributed by atoms with van der Waals surface area (Å²) in [7, 11) is 0. The smallest absolute Gasteiger partial charge is 0.339 e. The van der Waals surface area contributed by atoms with Crippen molar-refractivity contribution in [2.45, 2.75) is 13.3 Å². The molecule has 144 valence electrons. The number of aromatic carboxylic acids is 1. The van der Waals surface area contributed by atoms with E-state index in [1.54, 1.807) is 30.3 Å². The number of hydrogen-bond acceptors (Lipinski definition) is 4. The summed E-state index contributed by atoms with van der Waals surface area (Å²) in [6.07, 6.45) is 0.0704. The molecule has 5 nitrogen and oxygen atoms in total. The number of phenols is 2. The van der Waals surface area contributed by atoms with Crippen LogP contribution in [0.25, 0.3) is 21.5 Å². The largest absolute Gasteiger partial charge is 0.507 e. The summed E-state index contributed by atoms with van der Waals surface area (Å²) in [5.41, 5.74) is 0.847. The van der Waals surface area contributed by atoms with Crippen LogP contribution in [0, 0.1) is 0 Å². The van der Waals surface area contributed by atoms with Gasteiger partial charge in [-0.3, -0.25) is 4.79 Å². The zero-order valence-electron chi connectivity index (χ0n) is 15.6. The number of phenolic OH excluding ortho intramolecular Hbond substituents is 1. The summed E-state index contributed by atoms with van der Waals surface area (Å²) in [6.45, 7) is 1.38. The molecule has 0 amide bonds. The molecule has 0 bridgehead atoms. The molecule has 0 saturated heterocycles. The van der Waals surface area contributed by atoms with E-state index in [2.05, 4.69) is 0 Å². The van der Waals surface area contributed by atoms with Crippen molar-refractivity contribution in [3.63, 3.8) is 0 Å². The molecule has 0 atom stereocenters. The van der Waals surface area contributed by atoms with Crippen molar-refractivity contribution >= 4 is 33.3 Å². The van der Waals surface area contributed by atoms with Gasteiger partial charge in [-0.05, 0) is 40.6 Å². The number of Topliss-reactive ketones (excluding diaryl/α,β-unsaturated/α-hetero) is 1. The minimum Gasteiger partial charge on any atom is -0.507 e. The standard InChI is InChI=1S/C24H18O5/c1-13(25)18-10-14-6-2-4-8-16(14)19(22(18)26)12-20-17-9-5-3-7-15(17)11-21(23(20)27)24(28)29/h2-11,26-27H,12H2,1H3,(H,28,29). The number of aromatic hydroxyl groups is 2. The molecule has 0 saturated carbocycles. The van der Waals surface area contributed by atoms with Crippen LogP contribution in [0.3, 0.4) is 0 Å². The highest BCUT2D eigenvalue weighted by Gasteiger charge is 2.21. The third-order valence-electron chi connectivity index (χ3n) is 5.22. The van der Waals surface area contributed by atoms with Crippen LogP contribution >= 0.6 is 0 Å². The molecule has 0 spiro atoms. The van der Waals surface area contributed by atoms with E-state index in [9.17, 15) is 24.9 Å². The molecule has 4 aromatic rings. The number of carbonyl (C=O) groups excluding carboxylic acids is 1. The normalized spacial score (nSPS) is 11.1. The van der Waals surface area contributed by atoms with E-state index < -0.39 is 5.97 Å². The number of ketones is 1. The molecule has 0 heterocycles. The fraction of sp³-hybridized carbons (Fsp3) is 0.0833. The van der Waals surface area contributed by atoms with Gasteiger partial charge in [0.05, 0.1) is 5.56 Å². The van der Waals surface area contributed by atoms with E-state index in [0.29, 0.717) is 21.9 Å². The molecule has 0 aliphatic heterocycles. The predicted octanol–water partition coefficient (Wildman–Crippen LogP) is 4.90. The lowest BCUT2D eigenvalue weighted by Gasteiger charge is -2.16. The van der Waals surface area contributed by atoms with E-state index in [0.717, 1.165) is 10.8 Å². The van der Waals surface area contributed by atoms with Crippen LogP contribution in [0.4, 0.5) is 0 Å². The van der Waals surface area contributed by atoms with Crippen LogP contribution in [-0.2, 0) is 6.42 Å². The molecule has 3 N–H and O–H groups in total. The zero-order chi connectivity index (χ0) is 20.7. The van der Waals surface area contributed by atoms with Gasteiger partial charge in [-0.15, -0.1) is 0 Å². The van der Waals surface area contributed by atoms with Gasteiger partial charge >= 0.3 is 5.97 Å². The lowest BCUT2D eigenvalue weighted by molar-refractivity contribution is 0.0693. The summed E-state index contributed by atoms with van der Waals surface area (Å²) >= 11 is 0. The van der Waals surface area contributed by atoms with Gasteiger partial charge in [0.1, 0.15) is 17.1 Å². The first-order chi connectivity index (χ1) is 13.9. The first-order valence-electron chi connectivity index (χ1n) is 9.10. The zero-order valence-corrected chi connectivity index (χ0v) is 15.6. The average Bonchev–Trinajstić information content (AvgIpc) is 2.70. The number of benzene rings is 4. The molecule has 0 aliphatic rings. The van der Waals surface area contributed by atoms with Crippen molar-refractivity contribution in [1.29, 1.82) is 0 Å². The van der Waals surface area contributed by atoms with E-state index >= 15 is 0 Å². The van der Waals surface area contributed by atoms with E-state index in [1.165, 1.54) is 13.0 Å². The minimum absolute atomic E-state index is 0.0704. The maximum Gasteiger partial charge on any atom is 0.339 e. The lowest BCUT2D eigenvalue weighted by Crippen LogP contribution is -2.03. The highest BCUT2D eigenvalue weighted by Crippen LogP contribution is 2.38. The molecule has 29 heavy (non-hydrogen) atoms. The third kappa shape index (κ3) is 3.06. The van der Waals surface area contributed by atoms with E-state index in [4.69, 9.17) is 0 Å². The lowest BCUT2D eigenvalue weighted by atomic mass is 9.90. The Morgan fingerprint density at radius 1 is 0.759 bits per heavy atom. The average molecular weight is 386 g/mol. The predicted molar refractivity (Wildman–Crippen MR) is 111 cm³/mol. The summed E-state index contributed by atoms with van der Waals surface area (Å²) in [5.74, 6) is -2.00. The van der Waals surface area contributed by atoms with Gasteiger partial charge in [0.2, 0.25) is 0 Å². The van der Waals surface area contributed by atoms with Gasteiger partial charge in [-0.1, -0.05) is 48.5 Å². The Morgan fingerprint density at radius 2 is 1.21 bits per heavy atom. The second-order valence-corrected chi connectivity index (χ2v) is 6.98. The van der Waals surface area contributed by atoms with Crippen molar-refractivity contribution < 1.29 is 24.9 Å². The molecule has 5 heteroatoms. The van der Waals surface area contributed by atoms with Gasteiger partial charge in [0, 0.05) is 17.5 Å². The van der Waals surface area contributed by atoms with Crippen LogP contribution < -0.4 is 0 Å². The number of carbonyl (C=O) groups is 2. The highest BCUT2D eigenvalue weighted by atomic mass is 16.4. The fourth-order valence-electron chi connectivity index (χ4n) is 3.79. The van der Waals surface area contributed by atoms with Crippen LogP contribution in [0.2, 0.25) is 0 Å².